The Morgan fingerprint density at radius 3 is 2.69 bits per heavy atom. The summed E-state index contributed by atoms with van der Waals surface area (Å²) in [5.41, 5.74) is 6.11. The number of halogens is 1. The number of rotatable bonds is 6. The van der Waals surface area contributed by atoms with E-state index >= 15 is 0 Å². The first-order chi connectivity index (χ1) is 20.6. The van der Waals surface area contributed by atoms with Gasteiger partial charge in [0.1, 0.15) is 22.8 Å². The van der Waals surface area contributed by atoms with Crippen LogP contribution in [0.5, 0.6) is 5.75 Å². The minimum absolute atomic E-state index is 0.232. The summed E-state index contributed by atoms with van der Waals surface area (Å²) in [4.78, 5) is 34.0. The highest BCUT2D eigenvalue weighted by Crippen LogP contribution is 2.33. The van der Waals surface area contributed by atoms with Crippen LogP contribution in [0, 0.1) is 5.82 Å². The van der Waals surface area contributed by atoms with E-state index in [1.54, 1.807) is 49.1 Å². The predicted molar refractivity (Wildman–Crippen MR) is 156 cm³/mol. The van der Waals surface area contributed by atoms with Crippen molar-refractivity contribution in [2.24, 2.45) is 0 Å². The minimum atomic E-state index is -0.415. The second-order valence-electron chi connectivity index (χ2n) is 9.49. The number of hydrogen-bond acceptors (Lipinski definition) is 7. The van der Waals surface area contributed by atoms with Crippen molar-refractivity contribution in [3.63, 3.8) is 0 Å². The largest absolute Gasteiger partial charge is 0.497 e. The molecule has 0 radical (unpaired) electrons. The third-order valence-corrected chi connectivity index (χ3v) is 6.80. The predicted octanol–water partition coefficient (Wildman–Crippen LogP) is 6.03. The number of nitrogens with one attached hydrogen (secondary N) is 3. The topological polar surface area (TPSA) is 134 Å². The van der Waals surface area contributed by atoms with Gasteiger partial charge in [-0.15, -0.1) is 0 Å². The maximum Gasteiger partial charge on any atom is 0.255 e. The molecule has 0 saturated heterocycles. The molecule has 0 atom stereocenters. The number of amides is 1. The molecule has 2 aromatic carbocycles. The lowest BCUT2D eigenvalue weighted by Gasteiger charge is -2.07. The van der Waals surface area contributed by atoms with E-state index in [0.717, 1.165) is 5.39 Å². The number of fused-ring (bicyclic) bond motifs is 2. The summed E-state index contributed by atoms with van der Waals surface area (Å²) in [5, 5.41) is 11.1. The SMILES string of the molecule is COc1cc(F)cc(-c2ccnc3[nH]c(-c4n[nH]c5cnc(-c6cncc(NC(=O)c7ccccc7)c6)cc45)nc23)c1. The molecule has 0 saturated carbocycles. The summed E-state index contributed by atoms with van der Waals surface area (Å²) in [5.74, 6) is 0.243. The number of aromatic nitrogens is 7. The number of carbonyl (C=O) groups excluding carboxylic acids is 1. The fourth-order valence-corrected chi connectivity index (χ4v) is 4.79. The van der Waals surface area contributed by atoms with E-state index in [-0.39, 0.29) is 5.91 Å². The third kappa shape index (κ3) is 4.58. The van der Waals surface area contributed by atoms with Gasteiger partial charge in [0.15, 0.2) is 11.5 Å². The Balaban J connectivity index is 1.25. The van der Waals surface area contributed by atoms with Crippen molar-refractivity contribution in [1.29, 1.82) is 0 Å². The lowest BCUT2D eigenvalue weighted by Crippen LogP contribution is -2.11. The van der Waals surface area contributed by atoms with Gasteiger partial charge in [0.2, 0.25) is 0 Å². The van der Waals surface area contributed by atoms with Gasteiger partial charge in [0.25, 0.3) is 5.91 Å². The molecule has 0 spiro atoms. The van der Waals surface area contributed by atoms with Crippen LogP contribution in [0.1, 0.15) is 10.4 Å². The first-order valence-corrected chi connectivity index (χ1v) is 12.9. The number of benzene rings is 2. The van der Waals surface area contributed by atoms with Crippen LogP contribution >= 0.6 is 0 Å². The molecule has 3 N–H and O–H groups in total. The van der Waals surface area contributed by atoms with Crippen molar-refractivity contribution in [3.05, 3.63) is 103 Å². The second-order valence-corrected chi connectivity index (χ2v) is 9.49. The van der Waals surface area contributed by atoms with Crippen LogP contribution in [0.25, 0.3) is 56.0 Å². The van der Waals surface area contributed by atoms with Gasteiger partial charge in [0, 0.05) is 40.5 Å². The standard InChI is InChI=1S/C31H21FN8O2/c1-42-22-11-18(9-20(32)12-22)23-7-8-34-29-27(23)37-30(38-29)28-24-13-25(35-16-26(24)39-40-28)19-10-21(15-33-14-19)36-31(41)17-5-3-2-4-6-17/h2-16H,1H3,(H,36,41)(H,39,40)(H,34,37,38). The van der Waals surface area contributed by atoms with E-state index in [1.807, 2.05) is 30.3 Å². The normalized spacial score (nSPS) is 11.2. The quantitative estimate of drug-likeness (QED) is 0.228. The molecule has 42 heavy (non-hydrogen) atoms. The summed E-state index contributed by atoms with van der Waals surface area (Å²) in [6.07, 6.45) is 6.58. The molecule has 0 bridgehead atoms. The number of pyridine rings is 3. The Morgan fingerprint density at radius 2 is 1.83 bits per heavy atom. The number of hydrogen-bond donors (Lipinski definition) is 3. The number of ether oxygens (including phenoxy) is 1. The molecule has 0 aliphatic heterocycles. The van der Waals surface area contributed by atoms with Crippen molar-refractivity contribution >= 4 is 33.7 Å². The lowest BCUT2D eigenvalue weighted by molar-refractivity contribution is 0.102. The van der Waals surface area contributed by atoms with Gasteiger partial charge in [-0.05, 0) is 48.0 Å². The zero-order chi connectivity index (χ0) is 28.6. The highest BCUT2D eigenvalue weighted by atomic mass is 19.1. The van der Waals surface area contributed by atoms with Crippen LogP contribution in [0.4, 0.5) is 10.1 Å². The van der Waals surface area contributed by atoms with Crippen LogP contribution in [0.3, 0.4) is 0 Å². The van der Waals surface area contributed by atoms with E-state index < -0.39 is 5.82 Å². The van der Waals surface area contributed by atoms with Crippen LogP contribution in [-0.4, -0.2) is 48.1 Å². The molecule has 7 aromatic rings. The number of imidazole rings is 1. The Morgan fingerprint density at radius 1 is 0.952 bits per heavy atom. The van der Waals surface area contributed by atoms with Gasteiger partial charge >= 0.3 is 0 Å². The Hall–Kier alpha value is -5.97. The zero-order valence-corrected chi connectivity index (χ0v) is 22.1. The molecular weight excluding hydrogens is 535 g/mol. The molecule has 11 heteroatoms. The number of carbonyl (C=O) groups is 1. The van der Waals surface area contributed by atoms with Crippen LogP contribution in [0.2, 0.25) is 0 Å². The summed E-state index contributed by atoms with van der Waals surface area (Å²) >= 11 is 0. The first-order valence-electron chi connectivity index (χ1n) is 12.9. The highest BCUT2D eigenvalue weighted by molar-refractivity contribution is 6.04. The molecule has 0 fully saturated rings. The van der Waals surface area contributed by atoms with Crippen molar-refractivity contribution < 1.29 is 13.9 Å². The number of H-pyrrole nitrogens is 2. The molecule has 204 valence electrons. The van der Waals surface area contributed by atoms with Crippen LogP contribution in [0.15, 0.2) is 91.5 Å². The fraction of sp³-hybridized carbons (Fsp3) is 0.0323. The van der Waals surface area contributed by atoms with E-state index in [9.17, 15) is 9.18 Å². The average molecular weight is 557 g/mol. The van der Waals surface area contributed by atoms with Gasteiger partial charge in [-0.25, -0.2) is 14.4 Å². The van der Waals surface area contributed by atoms with E-state index in [4.69, 9.17) is 9.72 Å². The number of methoxy groups -OCH3 is 1. The van der Waals surface area contributed by atoms with Crippen molar-refractivity contribution in [2.75, 3.05) is 12.4 Å². The highest BCUT2D eigenvalue weighted by Gasteiger charge is 2.18. The summed E-state index contributed by atoms with van der Waals surface area (Å²) in [7, 11) is 1.49. The van der Waals surface area contributed by atoms with Gasteiger partial charge in [-0.3, -0.25) is 19.9 Å². The molecule has 10 nitrogen and oxygen atoms in total. The van der Waals surface area contributed by atoms with Crippen LogP contribution < -0.4 is 10.1 Å². The van der Waals surface area contributed by atoms with Gasteiger partial charge < -0.3 is 15.0 Å². The molecule has 5 aromatic heterocycles. The maximum atomic E-state index is 14.3. The van der Waals surface area contributed by atoms with Gasteiger partial charge in [0.05, 0.1) is 36.4 Å². The first kappa shape index (κ1) is 25.0. The Bertz CT molecular complexity index is 2110. The molecule has 0 aliphatic rings. The molecule has 1 amide bonds. The number of aromatic amines is 2. The molecule has 0 unspecified atom stereocenters. The average Bonchev–Trinajstić information content (AvgIpc) is 3.65. The van der Waals surface area contributed by atoms with Crippen LogP contribution in [-0.2, 0) is 0 Å². The Labute approximate surface area is 237 Å². The van der Waals surface area contributed by atoms with E-state index in [0.29, 0.717) is 67.6 Å². The van der Waals surface area contributed by atoms with Crippen molar-refractivity contribution in [3.8, 4) is 39.7 Å². The maximum absolute atomic E-state index is 14.3. The smallest absolute Gasteiger partial charge is 0.255 e. The molecule has 7 rings (SSSR count). The van der Waals surface area contributed by atoms with E-state index in [2.05, 4.69) is 35.5 Å². The summed E-state index contributed by atoms with van der Waals surface area (Å²) in [6, 6.07) is 18.9. The van der Waals surface area contributed by atoms with Gasteiger partial charge in [-0.1, -0.05) is 18.2 Å². The zero-order valence-electron chi connectivity index (χ0n) is 22.1. The third-order valence-electron chi connectivity index (χ3n) is 6.80. The summed E-state index contributed by atoms with van der Waals surface area (Å²) in [6.45, 7) is 0. The Kier molecular flexibility index (Phi) is 6.08. The minimum Gasteiger partial charge on any atom is -0.497 e. The second kappa shape index (κ2) is 10.2. The molecule has 5 heterocycles. The molecular formula is C31H21FN8O2. The molecule has 0 aliphatic carbocycles. The fourth-order valence-electron chi connectivity index (χ4n) is 4.79. The monoisotopic (exact) mass is 556 g/mol. The lowest BCUT2D eigenvalue weighted by atomic mass is 10.1. The van der Waals surface area contributed by atoms with Gasteiger partial charge in [-0.2, -0.15) is 5.10 Å². The van der Waals surface area contributed by atoms with Crippen molar-refractivity contribution in [2.45, 2.75) is 0 Å². The number of anilines is 1. The van der Waals surface area contributed by atoms with E-state index in [1.165, 1.54) is 19.2 Å². The van der Waals surface area contributed by atoms with Crippen molar-refractivity contribution in [1.82, 2.24) is 35.1 Å². The summed E-state index contributed by atoms with van der Waals surface area (Å²) < 4.78 is 19.5. The number of nitrogens with zero attached hydrogens (tertiary/aromatic N) is 5.